The van der Waals surface area contributed by atoms with Gasteiger partial charge in [0.05, 0.1) is 34.4 Å². The molecule has 1 fully saturated rings. The fourth-order valence-electron chi connectivity index (χ4n) is 5.72. The molecule has 42 heavy (non-hydrogen) atoms. The van der Waals surface area contributed by atoms with Crippen molar-refractivity contribution in [3.8, 4) is 6.07 Å². The van der Waals surface area contributed by atoms with E-state index in [1.165, 1.54) is 24.3 Å². The van der Waals surface area contributed by atoms with Gasteiger partial charge in [-0.15, -0.1) is 0 Å². The van der Waals surface area contributed by atoms with E-state index in [2.05, 4.69) is 4.72 Å². The smallest absolute Gasteiger partial charge is 0.304 e. The number of carboxylic acid groups (broad SMARTS) is 1. The van der Waals surface area contributed by atoms with Gasteiger partial charge in [0.25, 0.3) is 0 Å². The van der Waals surface area contributed by atoms with Gasteiger partial charge in [0.2, 0.25) is 15.9 Å². The average Bonchev–Trinajstić information content (AvgIpc) is 2.95. The average molecular weight is 629 g/mol. The number of piperidine rings is 1. The minimum absolute atomic E-state index is 0.0110. The third-order valence-electron chi connectivity index (χ3n) is 7.80. The Morgan fingerprint density at radius 1 is 1.10 bits per heavy atom. The summed E-state index contributed by atoms with van der Waals surface area (Å²) in [6.07, 6.45) is 0.243. The van der Waals surface area contributed by atoms with Gasteiger partial charge in [-0.1, -0.05) is 61.3 Å². The lowest BCUT2D eigenvalue weighted by molar-refractivity contribution is -0.160. The second-order valence-corrected chi connectivity index (χ2v) is 13.4. The molecule has 4 atom stereocenters. The van der Waals surface area contributed by atoms with Gasteiger partial charge in [-0.2, -0.15) is 5.26 Å². The van der Waals surface area contributed by atoms with Gasteiger partial charge in [-0.3, -0.25) is 9.59 Å². The molecule has 11 heteroatoms. The highest BCUT2D eigenvalue weighted by molar-refractivity contribution is 7.89. The summed E-state index contributed by atoms with van der Waals surface area (Å²) in [5.74, 6) is -1.82. The van der Waals surface area contributed by atoms with Gasteiger partial charge >= 0.3 is 5.97 Å². The number of carbonyl (C=O) groups is 2. The zero-order chi connectivity index (χ0) is 30.7. The highest BCUT2D eigenvalue weighted by Crippen LogP contribution is 2.52. The summed E-state index contributed by atoms with van der Waals surface area (Å²) in [5, 5.41) is 19.9. The third-order valence-corrected chi connectivity index (χ3v) is 9.73. The Kier molecular flexibility index (Phi) is 9.63. The number of hydrogen-bond donors (Lipinski definition) is 2. The highest BCUT2D eigenvalue weighted by atomic mass is 35.5. The number of halogens is 2. The molecular weight excluding hydrogens is 597 g/mol. The number of sulfonamides is 1. The molecular formula is C31H31Cl2N3O5S. The molecule has 1 heterocycles. The molecule has 3 aromatic carbocycles. The molecule has 1 amide bonds. The van der Waals surface area contributed by atoms with E-state index in [9.17, 15) is 23.1 Å². The van der Waals surface area contributed by atoms with E-state index in [0.29, 0.717) is 22.0 Å². The number of rotatable bonds is 10. The zero-order valence-electron chi connectivity index (χ0n) is 23.1. The van der Waals surface area contributed by atoms with Crippen LogP contribution >= 0.6 is 23.2 Å². The number of benzene rings is 3. The molecule has 1 saturated heterocycles. The molecule has 1 aliphatic heterocycles. The molecule has 0 radical (unpaired) electrons. The van der Waals surface area contributed by atoms with Crippen LogP contribution in [0.3, 0.4) is 0 Å². The van der Waals surface area contributed by atoms with E-state index < -0.39 is 33.5 Å². The summed E-state index contributed by atoms with van der Waals surface area (Å²) in [7, 11) is -3.98. The SMILES string of the molecule is CC[C@@H](CNS(=O)(=O)c1ccc(C#N)cc1)N1C(=O)[C@](C)(CC(=O)O)C[C@H](c2cccc(Cl)c2)[C@H]1c1ccc(Cl)cc1. The molecule has 0 saturated carbocycles. The normalized spacial score (nSPS) is 21.5. The van der Waals surface area contributed by atoms with Gasteiger partial charge in [0.1, 0.15) is 0 Å². The van der Waals surface area contributed by atoms with Crippen LogP contribution in [0.25, 0.3) is 0 Å². The van der Waals surface area contributed by atoms with Crippen molar-refractivity contribution >= 4 is 45.1 Å². The lowest BCUT2D eigenvalue weighted by Gasteiger charge is -2.52. The topological polar surface area (TPSA) is 128 Å². The Morgan fingerprint density at radius 2 is 1.76 bits per heavy atom. The van der Waals surface area contributed by atoms with E-state index in [4.69, 9.17) is 28.5 Å². The van der Waals surface area contributed by atoms with Gasteiger partial charge < -0.3 is 10.0 Å². The van der Waals surface area contributed by atoms with Crippen LogP contribution in [0, 0.1) is 16.7 Å². The van der Waals surface area contributed by atoms with Crippen molar-refractivity contribution in [2.45, 2.75) is 56.0 Å². The molecule has 0 bridgehead atoms. The predicted molar refractivity (Wildman–Crippen MR) is 161 cm³/mol. The summed E-state index contributed by atoms with van der Waals surface area (Å²) in [6.45, 7) is 3.39. The first-order chi connectivity index (χ1) is 19.9. The van der Waals surface area contributed by atoms with Crippen LogP contribution in [-0.4, -0.2) is 42.9 Å². The number of nitrogens with zero attached hydrogens (tertiary/aromatic N) is 2. The summed E-state index contributed by atoms with van der Waals surface area (Å²) in [5.41, 5.74) is 0.684. The summed E-state index contributed by atoms with van der Waals surface area (Å²) in [6, 6.07) is 20.7. The van der Waals surface area contributed by atoms with Gasteiger partial charge in [-0.25, -0.2) is 13.1 Å². The molecule has 0 spiro atoms. The monoisotopic (exact) mass is 627 g/mol. The Balaban J connectivity index is 1.80. The number of likely N-dealkylation sites (tertiary alicyclic amines) is 1. The lowest BCUT2D eigenvalue weighted by atomic mass is 9.67. The second kappa shape index (κ2) is 12.8. The fraction of sp³-hybridized carbons (Fsp3) is 0.323. The first-order valence-corrected chi connectivity index (χ1v) is 15.7. The van der Waals surface area contributed by atoms with Gasteiger partial charge in [-0.05, 0) is 72.5 Å². The molecule has 4 rings (SSSR count). The Labute approximate surface area is 255 Å². The maximum Gasteiger partial charge on any atom is 0.304 e. The highest BCUT2D eigenvalue weighted by Gasteiger charge is 2.52. The van der Waals surface area contributed by atoms with E-state index >= 15 is 0 Å². The van der Waals surface area contributed by atoms with Crippen molar-refractivity contribution in [2.75, 3.05) is 6.54 Å². The Morgan fingerprint density at radius 3 is 2.33 bits per heavy atom. The molecule has 0 aliphatic carbocycles. The largest absolute Gasteiger partial charge is 0.481 e. The van der Waals surface area contributed by atoms with Crippen LogP contribution in [0.1, 0.15) is 61.8 Å². The molecule has 1 aliphatic rings. The number of nitrogens with one attached hydrogen (secondary N) is 1. The second-order valence-electron chi connectivity index (χ2n) is 10.8. The van der Waals surface area contributed by atoms with E-state index in [-0.39, 0.29) is 36.1 Å². The molecule has 3 aromatic rings. The molecule has 0 aromatic heterocycles. The number of aliphatic carboxylic acids is 1. The summed E-state index contributed by atoms with van der Waals surface area (Å²) < 4.78 is 29.0. The van der Waals surface area contributed by atoms with Crippen molar-refractivity contribution in [1.29, 1.82) is 5.26 Å². The first-order valence-electron chi connectivity index (χ1n) is 13.4. The van der Waals surface area contributed by atoms with Crippen molar-refractivity contribution in [2.24, 2.45) is 5.41 Å². The summed E-state index contributed by atoms with van der Waals surface area (Å²) in [4.78, 5) is 28.0. The van der Waals surface area contributed by atoms with Gasteiger partial charge in [0, 0.05) is 28.5 Å². The number of hydrogen-bond acceptors (Lipinski definition) is 5. The minimum Gasteiger partial charge on any atom is -0.481 e. The quantitative estimate of drug-likeness (QED) is 0.277. The number of nitriles is 1. The van der Waals surface area contributed by atoms with Crippen LogP contribution in [0.2, 0.25) is 10.0 Å². The number of carbonyl (C=O) groups excluding carboxylic acids is 1. The van der Waals surface area contributed by atoms with Crippen LogP contribution in [0.5, 0.6) is 0 Å². The van der Waals surface area contributed by atoms with E-state index in [1.54, 1.807) is 30.0 Å². The zero-order valence-corrected chi connectivity index (χ0v) is 25.5. The maximum absolute atomic E-state index is 14.3. The third kappa shape index (κ3) is 6.79. The lowest BCUT2D eigenvalue weighted by Crippen LogP contribution is -2.58. The molecule has 8 nitrogen and oxygen atoms in total. The number of amides is 1. The van der Waals surface area contributed by atoms with Crippen molar-refractivity contribution in [3.05, 3.63) is 99.5 Å². The Bertz CT molecular complexity index is 1610. The fourth-order valence-corrected chi connectivity index (χ4v) is 7.12. The van der Waals surface area contributed by atoms with E-state index in [1.807, 2.05) is 43.3 Å². The minimum atomic E-state index is -3.98. The van der Waals surface area contributed by atoms with Crippen LogP contribution in [0.15, 0.2) is 77.7 Å². The van der Waals surface area contributed by atoms with Crippen LogP contribution < -0.4 is 4.72 Å². The van der Waals surface area contributed by atoms with Crippen molar-refractivity contribution in [1.82, 2.24) is 9.62 Å². The van der Waals surface area contributed by atoms with Crippen molar-refractivity contribution in [3.63, 3.8) is 0 Å². The molecule has 220 valence electrons. The van der Waals surface area contributed by atoms with Gasteiger partial charge in [0.15, 0.2) is 0 Å². The van der Waals surface area contributed by atoms with E-state index in [0.717, 1.165) is 11.1 Å². The maximum atomic E-state index is 14.3. The van der Waals surface area contributed by atoms with Crippen molar-refractivity contribution < 1.29 is 23.1 Å². The molecule has 2 N–H and O–H groups in total. The summed E-state index contributed by atoms with van der Waals surface area (Å²) >= 11 is 12.6. The molecule has 0 unspecified atom stereocenters. The number of carboxylic acids is 1. The predicted octanol–water partition coefficient (Wildman–Crippen LogP) is 6.16. The first kappa shape index (κ1) is 31.5. The Hall–Kier alpha value is -3.42. The standard InChI is InChI=1S/C31H31Cl2N3O5S/c1-3-25(19-35-42(40,41)26-13-7-20(18-34)8-14-26)36-29(21-9-11-23(32)12-10-21)27(22-5-4-6-24(33)15-22)16-31(2,30(36)39)17-28(37)38/h4-15,25,27,29,35H,3,16-17,19H2,1-2H3,(H,37,38)/t25-,27+,29+,31-/m0/s1. The van der Waals surface area contributed by atoms with Crippen LogP contribution in [0.4, 0.5) is 0 Å². The van der Waals surface area contributed by atoms with Crippen LogP contribution in [-0.2, 0) is 19.6 Å².